The molecule has 0 saturated heterocycles. The Hall–Kier alpha value is -2.62. The van der Waals surface area contributed by atoms with Gasteiger partial charge in [0.25, 0.3) is 5.91 Å². The van der Waals surface area contributed by atoms with Crippen molar-refractivity contribution in [1.29, 1.82) is 0 Å². The third-order valence-corrected chi connectivity index (χ3v) is 5.26. The van der Waals surface area contributed by atoms with Gasteiger partial charge in [-0.25, -0.2) is 4.99 Å². The number of carbonyl (C=O) groups is 2. The second-order valence-electron chi connectivity index (χ2n) is 7.78. The Morgan fingerprint density at radius 3 is 2.38 bits per heavy atom. The van der Waals surface area contributed by atoms with Gasteiger partial charge in [0.15, 0.2) is 5.96 Å². The van der Waals surface area contributed by atoms with E-state index >= 15 is 0 Å². The fourth-order valence-electron chi connectivity index (χ4n) is 3.50. The summed E-state index contributed by atoms with van der Waals surface area (Å²) in [6, 6.07) is 15.7. The first-order valence-corrected chi connectivity index (χ1v) is 10.6. The highest BCUT2D eigenvalue weighted by Crippen LogP contribution is 2.18. The molecule has 0 aromatic heterocycles. The van der Waals surface area contributed by atoms with Crippen molar-refractivity contribution in [3.63, 3.8) is 0 Å². The average Bonchev–Trinajstić information content (AvgIpc) is 2.80. The van der Waals surface area contributed by atoms with E-state index in [0.29, 0.717) is 31.2 Å². The first-order valence-electron chi connectivity index (χ1n) is 10.6. The van der Waals surface area contributed by atoms with Crippen molar-refractivity contribution in [3.05, 3.63) is 70.8 Å². The van der Waals surface area contributed by atoms with E-state index in [1.807, 2.05) is 48.2 Å². The van der Waals surface area contributed by atoms with Crippen LogP contribution in [0.15, 0.2) is 53.5 Å². The molecule has 2 aromatic carbocycles. The largest absolute Gasteiger partial charge is 0.357 e. The summed E-state index contributed by atoms with van der Waals surface area (Å²) >= 11 is 0. The minimum atomic E-state index is -0.0242. The third-order valence-electron chi connectivity index (χ3n) is 5.26. The zero-order valence-corrected chi connectivity index (χ0v) is 21.3. The van der Waals surface area contributed by atoms with Gasteiger partial charge in [-0.3, -0.25) is 9.59 Å². The molecule has 0 fully saturated rings. The number of guanidine groups is 1. The number of nitrogens with zero attached hydrogens (tertiary/aromatic N) is 3. The molecule has 3 rings (SSSR count). The molecule has 2 N–H and O–H groups in total. The Morgan fingerprint density at radius 2 is 1.72 bits per heavy atom. The normalized spacial score (nSPS) is 13.0. The van der Waals surface area contributed by atoms with Crippen LogP contribution in [0.2, 0.25) is 0 Å². The smallest absolute Gasteiger partial charge is 0.253 e. The zero-order valence-electron chi connectivity index (χ0n) is 18.9. The van der Waals surface area contributed by atoms with Crippen molar-refractivity contribution in [2.75, 3.05) is 33.7 Å². The van der Waals surface area contributed by atoms with Crippen molar-refractivity contribution in [2.24, 2.45) is 4.99 Å². The summed E-state index contributed by atoms with van der Waals surface area (Å²) in [6.45, 7) is 4.74. The van der Waals surface area contributed by atoms with Crippen molar-refractivity contribution in [1.82, 2.24) is 20.4 Å². The Labute approximate surface area is 207 Å². The molecule has 1 heterocycles. The van der Waals surface area contributed by atoms with Gasteiger partial charge in [0.05, 0.1) is 13.1 Å². The van der Waals surface area contributed by atoms with Gasteiger partial charge in [-0.15, -0.1) is 24.0 Å². The van der Waals surface area contributed by atoms with Gasteiger partial charge < -0.3 is 20.4 Å². The molecule has 7 nitrogen and oxygen atoms in total. The van der Waals surface area contributed by atoms with E-state index in [1.165, 1.54) is 11.1 Å². The van der Waals surface area contributed by atoms with Crippen LogP contribution in [0.25, 0.3) is 0 Å². The van der Waals surface area contributed by atoms with Crippen LogP contribution in [0.4, 0.5) is 0 Å². The molecular weight excluding hydrogens is 517 g/mol. The number of carbonyl (C=O) groups excluding carboxylic acids is 2. The lowest BCUT2D eigenvalue weighted by Crippen LogP contribution is -2.45. The van der Waals surface area contributed by atoms with Crippen LogP contribution in [-0.4, -0.2) is 61.3 Å². The highest BCUT2D eigenvalue weighted by atomic mass is 127. The van der Waals surface area contributed by atoms with Crippen molar-refractivity contribution >= 4 is 41.8 Å². The van der Waals surface area contributed by atoms with Crippen LogP contribution >= 0.6 is 24.0 Å². The van der Waals surface area contributed by atoms with Crippen LogP contribution in [0.1, 0.15) is 34.0 Å². The minimum absolute atomic E-state index is 0. The molecule has 172 valence electrons. The zero-order chi connectivity index (χ0) is 22.2. The third kappa shape index (κ3) is 6.94. The summed E-state index contributed by atoms with van der Waals surface area (Å²) in [4.78, 5) is 32.7. The predicted octanol–water partition coefficient (Wildman–Crippen LogP) is 2.65. The van der Waals surface area contributed by atoms with Crippen LogP contribution in [-0.2, 0) is 24.3 Å². The number of benzene rings is 2. The number of hydrogen-bond donors (Lipinski definition) is 2. The number of amides is 2. The molecule has 1 aliphatic heterocycles. The van der Waals surface area contributed by atoms with Gasteiger partial charge in [-0.1, -0.05) is 36.4 Å². The van der Waals surface area contributed by atoms with Crippen molar-refractivity contribution in [3.8, 4) is 0 Å². The lowest BCUT2D eigenvalue weighted by molar-refractivity contribution is -0.130. The maximum Gasteiger partial charge on any atom is 0.253 e. The maximum atomic E-state index is 12.7. The summed E-state index contributed by atoms with van der Waals surface area (Å²) < 4.78 is 0. The molecule has 0 bridgehead atoms. The number of halogens is 1. The summed E-state index contributed by atoms with van der Waals surface area (Å²) in [7, 11) is 3.47. The van der Waals surface area contributed by atoms with Gasteiger partial charge in [0.1, 0.15) is 0 Å². The molecule has 32 heavy (non-hydrogen) atoms. The summed E-state index contributed by atoms with van der Waals surface area (Å²) in [5.41, 5.74) is 4.19. The first-order chi connectivity index (χ1) is 15.0. The van der Waals surface area contributed by atoms with E-state index in [4.69, 9.17) is 0 Å². The minimum Gasteiger partial charge on any atom is -0.357 e. The SMILES string of the molecule is CCNC(=NCc1ccc(C(=O)N(C)C)cc1)NCC(=O)N1CCc2ccccc2C1.I. The standard InChI is InChI=1S/C24H31N5O2.HI/c1-4-25-24(26-15-18-9-11-20(12-10-18)23(31)28(2)3)27-16-22(30)29-14-13-19-7-5-6-8-21(19)17-29;/h5-12H,4,13-17H2,1-3H3,(H2,25,26,27);1H. The molecule has 0 spiro atoms. The lowest BCUT2D eigenvalue weighted by atomic mass is 10.00. The topological polar surface area (TPSA) is 77.0 Å². The summed E-state index contributed by atoms with van der Waals surface area (Å²) in [6.07, 6.45) is 0.891. The van der Waals surface area contributed by atoms with E-state index in [0.717, 1.165) is 18.5 Å². The highest BCUT2D eigenvalue weighted by Gasteiger charge is 2.20. The fraction of sp³-hybridized carbons (Fsp3) is 0.375. The molecule has 2 amide bonds. The van der Waals surface area contributed by atoms with E-state index < -0.39 is 0 Å². The summed E-state index contributed by atoms with van der Waals surface area (Å²) in [5.74, 6) is 0.636. The monoisotopic (exact) mass is 549 g/mol. The molecule has 8 heteroatoms. The number of aliphatic imine (C=N–C) groups is 1. The van der Waals surface area contributed by atoms with E-state index in [2.05, 4.69) is 27.8 Å². The fourth-order valence-corrected chi connectivity index (χ4v) is 3.50. The quantitative estimate of drug-likeness (QED) is 0.330. The van der Waals surface area contributed by atoms with Crippen LogP contribution in [0, 0.1) is 0 Å². The molecular formula is C24H32IN5O2. The van der Waals surface area contributed by atoms with Gasteiger partial charge in [0.2, 0.25) is 5.91 Å². The number of hydrogen-bond acceptors (Lipinski definition) is 3. The second-order valence-corrected chi connectivity index (χ2v) is 7.78. The summed E-state index contributed by atoms with van der Waals surface area (Å²) in [5, 5.41) is 6.32. The highest BCUT2D eigenvalue weighted by molar-refractivity contribution is 14.0. The van der Waals surface area contributed by atoms with Crippen LogP contribution < -0.4 is 10.6 Å². The Kier molecular flexibility index (Phi) is 9.96. The number of rotatable bonds is 6. The lowest BCUT2D eigenvalue weighted by Gasteiger charge is -2.29. The molecule has 0 atom stereocenters. The molecule has 0 saturated carbocycles. The molecule has 2 aromatic rings. The van der Waals surface area contributed by atoms with Crippen LogP contribution in [0.3, 0.4) is 0 Å². The van der Waals surface area contributed by atoms with Crippen LogP contribution in [0.5, 0.6) is 0 Å². The Morgan fingerprint density at radius 1 is 1.03 bits per heavy atom. The maximum absolute atomic E-state index is 12.7. The average molecular weight is 549 g/mol. The first kappa shape index (κ1) is 25.6. The van der Waals surface area contributed by atoms with Gasteiger partial charge >= 0.3 is 0 Å². The molecule has 0 radical (unpaired) electrons. The van der Waals surface area contributed by atoms with Crippen molar-refractivity contribution < 1.29 is 9.59 Å². The second kappa shape index (κ2) is 12.4. The van der Waals surface area contributed by atoms with Gasteiger partial charge in [0, 0.05) is 39.3 Å². The van der Waals surface area contributed by atoms with Gasteiger partial charge in [-0.05, 0) is 42.2 Å². The van der Waals surface area contributed by atoms with Gasteiger partial charge in [-0.2, -0.15) is 0 Å². The number of fused-ring (bicyclic) bond motifs is 1. The van der Waals surface area contributed by atoms with E-state index in [-0.39, 0.29) is 42.3 Å². The predicted molar refractivity (Wildman–Crippen MR) is 138 cm³/mol. The number of nitrogens with one attached hydrogen (secondary N) is 2. The van der Waals surface area contributed by atoms with E-state index in [1.54, 1.807) is 19.0 Å². The molecule has 0 aliphatic carbocycles. The Balaban J connectivity index is 0.00000363. The van der Waals surface area contributed by atoms with E-state index in [9.17, 15) is 9.59 Å². The molecule has 1 aliphatic rings. The molecule has 0 unspecified atom stereocenters. The van der Waals surface area contributed by atoms with Crippen molar-refractivity contribution in [2.45, 2.75) is 26.4 Å². The Bertz CT molecular complexity index is 944.